The Morgan fingerprint density at radius 2 is 2.05 bits per heavy atom. The highest BCUT2D eigenvalue weighted by Gasteiger charge is 2.18. The minimum Gasteiger partial charge on any atom is -0.351 e. The smallest absolute Gasteiger partial charge is 0.185 e. The second-order valence-electron chi connectivity index (χ2n) is 5.63. The first-order valence-electron chi connectivity index (χ1n) is 7.59. The van der Waals surface area contributed by atoms with Gasteiger partial charge in [-0.05, 0) is 32.2 Å². The Morgan fingerprint density at radius 1 is 1.32 bits per heavy atom. The van der Waals surface area contributed by atoms with Crippen molar-refractivity contribution in [1.29, 1.82) is 0 Å². The molecule has 4 heteroatoms. The molecule has 1 aromatic heterocycles. The summed E-state index contributed by atoms with van der Waals surface area (Å²) in [6.07, 6.45) is 8.11. The van der Waals surface area contributed by atoms with Crippen LogP contribution in [0.25, 0.3) is 0 Å². The molecule has 1 aliphatic rings. The lowest BCUT2D eigenvalue weighted by Gasteiger charge is -2.26. The molecular formula is C15H27N3S. The van der Waals surface area contributed by atoms with Crippen molar-refractivity contribution in [3.63, 3.8) is 0 Å². The quantitative estimate of drug-likeness (QED) is 0.866. The summed E-state index contributed by atoms with van der Waals surface area (Å²) in [5.41, 5.74) is 1.27. The van der Waals surface area contributed by atoms with Crippen LogP contribution in [0.5, 0.6) is 0 Å². The number of aromatic nitrogens is 1. The summed E-state index contributed by atoms with van der Waals surface area (Å²) < 4.78 is 0. The summed E-state index contributed by atoms with van der Waals surface area (Å²) in [6.45, 7) is 4.31. The molecule has 0 spiro atoms. The number of thiazole rings is 1. The summed E-state index contributed by atoms with van der Waals surface area (Å²) in [5, 5.41) is 4.45. The minimum absolute atomic E-state index is 0.875. The van der Waals surface area contributed by atoms with E-state index in [2.05, 4.69) is 24.2 Å². The van der Waals surface area contributed by atoms with E-state index in [4.69, 9.17) is 4.98 Å². The van der Waals surface area contributed by atoms with Crippen molar-refractivity contribution in [3.8, 4) is 0 Å². The molecule has 19 heavy (non-hydrogen) atoms. The lowest BCUT2D eigenvalue weighted by molar-refractivity contribution is 0.362. The molecule has 0 atom stereocenters. The molecule has 0 bridgehead atoms. The van der Waals surface area contributed by atoms with E-state index >= 15 is 0 Å². The zero-order valence-electron chi connectivity index (χ0n) is 12.5. The van der Waals surface area contributed by atoms with Gasteiger partial charge in [0.1, 0.15) is 0 Å². The molecule has 1 N–H and O–H groups in total. The van der Waals surface area contributed by atoms with E-state index in [1.54, 1.807) is 0 Å². The highest BCUT2D eigenvalue weighted by Crippen LogP contribution is 2.29. The second kappa shape index (κ2) is 7.25. The third-order valence-corrected chi connectivity index (χ3v) is 5.23. The van der Waals surface area contributed by atoms with Crippen molar-refractivity contribution in [3.05, 3.63) is 10.6 Å². The predicted octanol–water partition coefficient (Wildman–Crippen LogP) is 3.44. The predicted molar refractivity (Wildman–Crippen MR) is 84.1 cm³/mol. The van der Waals surface area contributed by atoms with Gasteiger partial charge >= 0.3 is 0 Å². The van der Waals surface area contributed by atoms with E-state index in [0.29, 0.717) is 0 Å². The molecule has 0 aliphatic heterocycles. The number of rotatable bonds is 6. The highest BCUT2D eigenvalue weighted by molar-refractivity contribution is 7.15. The number of anilines is 1. The maximum atomic E-state index is 4.82. The van der Waals surface area contributed by atoms with Gasteiger partial charge in [-0.15, -0.1) is 11.3 Å². The largest absolute Gasteiger partial charge is 0.351 e. The lowest BCUT2D eigenvalue weighted by Crippen LogP contribution is -2.26. The van der Waals surface area contributed by atoms with Gasteiger partial charge in [-0.2, -0.15) is 0 Å². The Hall–Kier alpha value is -0.610. The Kier molecular flexibility index (Phi) is 5.64. The van der Waals surface area contributed by atoms with Crippen LogP contribution in [0.1, 0.15) is 49.6 Å². The van der Waals surface area contributed by atoms with Crippen LogP contribution in [-0.2, 0) is 13.0 Å². The molecule has 108 valence electrons. The second-order valence-corrected chi connectivity index (χ2v) is 6.70. The van der Waals surface area contributed by atoms with Crippen molar-refractivity contribution >= 4 is 16.5 Å². The Morgan fingerprint density at radius 3 is 2.68 bits per heavy atom. The molecule has 0 aromatic carbocycles. The normalized spacial score (nSPS) is 16.8. The van der Waals surface area contributed by atoms with Gasteiger partial charge in [-0.3, -0.25) is 0 Å². The van der Waals surface area contributed by atoms with Gasteiger partial charge in [0.25, 0.3) is 0 Å². The van der Waals surface area contributed by atoms with Gasteiger partial charge in [0.2, 0.25) is 0 Å². The van der Waals surface area contributed by atoms with Gasteiger partial charge in [-0.1, -0.05) is 26.2 Å². The third kappa shape index (κ3) is 3.93. The summed E-state index contributed by atoms with van der Waals surface area (Å²) in [7, 11) is 4.21. The Balaban J connectivity index is 1.99. The van der Waals surface area contributed by atoms with E-state index < -0.39 is 0 Å². The van der Waals surface area contributed by atoms with Crippen LogP contribution >= 0.6 is 11.3 Å². The van der Waals surface area contributed by atoms with Crippen molar-refractivity contribution in [2.45, 2.75) is 52.0 Å². The van der Waals surface area contributed by atoms with Crippen LogP contribution in [0.2, 0.25) is 0 Å². The van der Waals surface area contributed by atoms with Gasteiger partial charge in [-0.25, -0.2) is 4.98 Å². The third-order valence-electron chi connectivity index (χ3n) is 4.02. The average Bonchev–Trinajstić information content (AvgIpc) is 2.83. The van der Waals surface area contributed by atoms with E-state index in [-0.39, 0.29) is 0 Å². The number of hydrogen-bond acceptors (Lipinski definition) is 4. The van der Waals surface area contributed by atoms with Gasteiger partial charge in [0.05, 0.1) is 5.69 Å². The molecule has 3 nitrogen and oxygen atoms in total. The van der Waals surface area contributed by atoms with Crippen LogP contribution < -0.4 is 10.2 Å². The van der Waals surface area contributed by atoms with Crippen LogP contribution in [-0.4, -0.2) is 25.6 Å². The molecule has 0 radical (unpaired) electrons. The van der Waals surface area contributed by atoms with E-state index in [9.17, 15) is 0 Å². The van der Waals surface area contributed by atoms with Crippen molar-refractivity contribution in [2.75, 3.05) is 25.5 Å². The maximum Gasteiger partial charge on any atom is 0.185 e. The van der Waals surface area contributed by atoms with Crippen LogP contribution in [0.3, 0.4) is 0 Å². The molecule has 1 aliphatic carbocycles. The minimum atomic E-state index is 0.875. The van der Waals surface area contributed by atoms with E-state index in [1.165, 1.54) is 54.4 Å². The van der Waals surface area contributed by atoms with Gasteiger partial charge in [0.15, 0.2) is 5.13 Å². The lowest BCUT2D eigenvalue weighted by atomic mass is 9.89. The zero-order valence-corrected chi connectivity index (χ0v) is 13.4. The van der Waals surface area contributed by atoms with Gasteiger partial charge < -0.3 is 10.2 Å². The molecule has 1 heterocycles. The van der Waals surface area contributed by atoms with E-state index in [1.807, 2.05) is 18.4 Å². The van der Waals surface area contributed by atoms with Crippen molar-refractivity contribution in [1.82, 2.24) is 10.3 Å². The maximum absolute atomic E-state index is 4.82. The SMILES string of the molecule is CCc1nc(N(C)CC2CCCCC2)sc1CNC. The fourth-order valence-corrected chi connectivity index (χ4v) is 4.07. The van der Waals surface area contributed by atoms with Crippen molar-refractivity contribution < 1.29 is 0 Å². The highest BCUT2D eigenvalue weighted by atomic mass is 32.1. The first kappa shape index (κ1) is 14.8. The molecule has 0 saturated heterocycles. The van der Waals surface area contributed by atoms with Crippen LogP contribution in [0, 0.1) is 5.92 Å². The molecule has 0 unspecified atom stereocenters. The fraction of sp³-hybridized carbons (Fsp3) is 0.800. The average molecular weight is 281 g/mol. The first-order chi connectivity index (χ1) is 9.24. The molecule has 1 aromatic rings. The van der Waals surface area contributed by atoms with Crippen LogP contribution in [0.15, 0.2) is 0 Å². The van der Waals surface area contributed by atoms with Crippen molar-refractivity contribution in [2.24, 2.45) is 5.92 Å². The molecule has 0 amide bonds. The molecule has 2 rings (SSSR count). The standard InChI is InChI=1S/C15H27N3S/c1-4-13-14(10-16-2)19-15(17-13)18(3)11-12-8-6-5-7-9-12/h12,16H,4-11H2,1-3H3. The molecule has 1 saturated carbocycles. The summed E-state index contributed by atoms with van der Waals surface area (Å²) in [6, 6.07) is 0. The molecule has 1 fully saturated rings. The number of nitrogens with one attached hydrogen (secondary N) is 1. The topological polar surface area (TPSA) is 28.2 Å². The summed E-state index contributed by atoms with van der Waals surface area (Å²) >= 11 is 1.86. The summed E-state index contributed by atoms with van der Waals surface area (Å²) in [5.74, 6) is 0.875. The molecular weight excluding hydrogens is 254 g/mol. The number of hydrogen-bond donors (Lipinski definition) is 1. The first-order valence-corrected chi connectivity index (χ1v) is 8.40. The van der Waals surface area contributed by atoms with Crippen LogP contribution in [0.4, 0.5) is 5.13 Å². The number of aryl methyl sites for hydroxylation is 1. The monoisotopic (exact) mass is 281 g/mol. The van der Waals surface area contributed by atoms with E-state index in [0.717, 1.165) is 18.9 Å². The Labute approximate surface area is 121 Å². The fourth-order valence-electron chi connectivity index (χ4n) is 2.94. The number of nitrogens with zero attached hydrogens (tertiary/aromatic N) is 2. The zero-order chi connectivity index (χ0) is 13.7. The van der Waals surface area contributed by atoms with Gasteiger partial charge in [0, 0.05) is 25.0 Å². The Bertz CT molecular complexity index is 383. The summed E-state index contributed by atoms with van der Waals surface area (Å²) in [4.78, 5) is 8.59.